The zero-order valence-electron chi connectivity index (χ0n) is 14.8. The third-order valence-corrected chi connectivity index (χ3v) is 5.24. The molecule has 1 fully saturated rings. The highest BCUT2D eigenvalue weighted by Crippen LogP contribution is 2.25. The van der Waals surface area contributed by atoms with E-state index in [4.69, 9.17) is 4.74 Å². The molecule has 1 aromatic heterocycles. The predicted molar refractivity (Wildman–Crippen MR) is 104 cm³/mol. The third kappa shape index (κ3) is 5.66. The van der Waals surface area contributed by atoms with Crippen LogP contribution in [0.25, 0.3) is 0 Å². The number of nitrogens with one attached hydrogen (secondary N) is 2. The zero-order chi connectivity index (χ0) is 18.6. The van der Waals surface area contributed by atoms with E-state index in [0.717, 1.165) is 25.6 Å². The molecule has 2 N–H and O–H groups in total. The number of amides is 1. The molecule has 0 bridgehead atoms. The first-order chi connectivity index (χ1) is 12.4. The Morgan fingerprint density at radius 2 is 2.15 bits per heavy atom. The summed E-state index contributed by atoms with van der Waals surface area (Å²) >= 11 is 0. The minimum atomic E-state index is -3.32. The topological polar surface area (TPSA) is 97.4 Å². The van der Waals surface area contributed by atoms with Crippen LogP contribution < -0.4 is 15.4 Å². The second-order valence-electron chi connectivity index (χ2n) is 6.18. The fourth-order valence-corrected chi connectivity index (χ4v) is 3.40. The Morgan fingerprint density at radius 1 is 1.33 bits per heavy atom. The van der Waals surface area contributed by atoms with Gasteiger partial charge in [-0.2, -0.15) is 0 Å². The number of hydrogen-bond donors (Lipinski definition) is 2. The normalized spacial score (nSPS) is 16.4. The molecule has 1 aromatic carbocycles. The number of ether oxygens (including phenoxy) is 1. The van der Waals surface area contributed by atoms with E-state index in [1.807, 2.05) is 6.07 Å². The summed E-state index contributed by atoms with van der Waals surface area (Å²) in [5.74, 6) is 0.658. The predicted octanol–water partition coefficient (Wildman–Crippen LogP) is 2.07. The quantitative estimate of drug-likeness (QED) is 0.755. The van der Waals surface area contributed by atoms with E-state index in [2.05, 4.69) is 15.6 Å². The summed E-state index contributed by atoms with van der Waals surface area (Å²) in [5, 5.41) is 6.04. The van der Waals surface area contributed by atoms with E-state index in [1.54, 1.807) is 24.4 Å². The molecular formula is C18H22ClN3O4S. The Hall–Kier alpha value is -2.16. The van der Waals surface area contributed by atoms with Crippen LogP contribution in [0.1, 0.15) is 18.4 Å². The molecule has 146 valence electrons. The monoisotopic (exact) mass is 411 g/mol. The molecule has 0 aliphatic carbocycles. The van der Waals surface area contributed by atoms with Crippen LogP contribution >= 0.6 is 12.4 Å². The Bertz CT molecular complexity index is 899. The van der Waals surface area contributed by atoms with Crippen molar-refractivity contribution in [1.29, 1.82) is 0 Å². The van der Waals surface area contributed by atoms with Crippen molar-refractivity contribution in [3.05, 3.63) is 48.2 Å². The summed E-state index contributed by atoms with van der Waals surface area (Å²) in [6, 6.07) is 9.66. The van der Waals surface area contributed by atoms with E-state index in [-0.39, 0.29) is 35.8 Å². The van der Waals surface area contributed by atoms with Crippen LogP contribution in [0.4, 0.5) is 0 Å². The maximum Gasteiger partial charge on any atom is 0.237 e. The van der Waals surface area contributed by atoms with E-state index >= 15 is 0 Å². The molecule has 3 rings (SSSR count). The molecule has 7 nitrogen and oxygen atoms in total. The van der Waals surface area contributed by atoms with Gasteiger partial charge >= 0.3 is 0 Å². The number of aromatic nitrogens is 1. The maximum absolute atomic E-state index is 12.1. The molecule has 0 spiro atoms. The highest BCUT2D eigenvalue weighted by atomic mass is 35.5. The lowest BCUT2D eigenvalue weighted by molar-refractivity contribution is -0.122. The lowest BCUT2D eigenvalue weighted by atomic mass is 10.2. The van der Waals surface area contributed by atoms with Crippen molar-refractivity contribution >= 4 is 28.2 Å². The lowest BCUT2D eigenvalue weighted by Gasteiger charge is -2.13. The van der Waals surface area contributed by atoms with Crippen molar-refractivity contribution < 1.29 is 17.9 Å². The van der Waals surface area contributed by atoms with Gasteiger partial charge in [0.05, 0.1) is 10.9 Å². The van der Waals surface area contributed by atoms with Gasteiger partial charge in [-0.1, -0.05) is 12.1 Å². The van der Waals surface area contributed by atoms with Crippen molar-refractivity contribution in [3.63, 3.8) is 0 Å². The maximum atomic E-state index is 12.1. The minimum absolute atomic E-state index is 0. The van der Waals surface area contributed by atoms with Crippen LogP contribution in [0.15, 0.2) is 47.5 Å². The van der Waals surface area contributed by atoms with E-state index in [1.165, 1.54) is 12.1 Å². The summed E-state index contributed by atoms with van der Waals surface area (Å²) in [6.07, 6.45) is 4.56. The van der Waals surface area contributed by atoms with Gasteiger partial charge in [-0.05, 0) is 43.7 Å². The number of benzene rings is 1. The molecule has 2 heterocycles. The molecule has 1 aliphatic rings. The zero-order valence-corrected chi connectivity index (χ0v) is 16.5. The first-order valence-corrected chi connectivity index (χ1v) is 10.3. The summed E-state index contributed by atoms with van der Waals surface area (Å²) < 4.78 is 29.1. The number of pyridine rings is 1. The molecule has 27 heavy (non-hydrogen) atoms. The highest BCUT2D eigenvalue weighted by Gasteiger charge is 2.22. The largest absolute Gasteiger partial charge is 0.439 e. The van der Waals surface area contributed by atoms with Crippen LogP contribution in [-0.2, 0) is 21.2 Å². The fraction of sp³-hybridized carbons (Fsp3) is 0.333. The second-order valence-corrected chi connectivity index (χ2v) is 8.20. The Balaban J connectivity index is 0.00000261. The number of rotatable bonds is 6. The lowest BCUT2D eigenvalue weighted by Crippen LogP contribution is -2.40. The van der Waals surface area contributed by atoms with Crippen molar-refractivity contribution in [3.8, 4) is 11.6 Å². The number of hydrogen-bond acceptors (Lipinski definition) is 6. The van der Waals surface area contributed by atoms with Gasteiger partial charge in [0.2, 0.25) is 11.8 Å². The standard InChI is InChI=1S/C18H21N3O4S.ClH/c1-26(23,24)15-7-2-6-14(11-15)25-18-13(5-3-10-20-18)12-21-17(22)16-8-4-9-19-16;/h2-3,5-7,10-11,16,19H,4,8-9,12H2,1H3,(H,21,22);1H. The Morgan fingerprint density at radius 3 is 2.85 bits per heavy atom. The van der Waals surface area contributed by atoms with Gasteiger partial charge in [-0.3, -0.25) is 4.79 Å². The van der Waals surface area contributed by atoms with Crippen LogP contribution in [0.3, 0.4) is 0 Å². The number of sulfone groups is 1. The molecule has 1 atom stereocenters. The van der Waals surface area contributed by atoms with E-state index in [9.17, 15) is 13.2 Å². The van der Waals surface area contributed by atoms with Crippen molar-refractivity contribution in [2.24, 2.45) is 0 Å². The summed E-state index contributed by atoms with van der Waals surface area (Å²) in [4.78, 5) is 16.5. The van der Waals surface area contributed by atoms with Crippen molar-refractivity contribution in [2.45, 2.75) is 30.3 Å². The highest BCUT2D eigenvalue weighted by molar-refractivity contribution is 7.90. The SMILES string of the molecule is CS(=O)(=O)c1cccc(Oc2ncccc2CNC(=O)C2CCCN2)c1.Cl. The van der Waals surface area contributed by atoms with Crippen molar-refractivity contribution in [2.75, 3.05) is 12.8 Å². The van der Waals surface area contributed by atoms with Gasteiger partial charge in [-0.15, -0.1) is 12.4 Å². The summed E-state index contributed by atoms with van der Waals surface area (Å²) in [6.45, 7) is 1.14. The number of carbonyl (C=O) groups excluding carboxylic acids is 1. The Kier molecular flexibility index (Phi) is 7.18. The molecule has 1 unspecified atom stereocenters. The van der Waals surface area contributed by atoms with Gasteiger partial charge in [0, 0.05) is 24.6 Å². The van der Waals surface area contributed by atoms with Gasteiger partial charge in [-0.25, -0.2) is 13.4 Å². The van der Waals surface area contributed by atoms with Crippen molar-refractivity contribution in [1.82, 2.24) is 15.6 Å². The average molecular weight is 412 g/mol. The smallest absolute Gasteiger partial charge is 0.237 e. The first kappa shape index (κ1) is 21.1. The third-order valence-electron chi connectivity index (χ3n) is 4.13. The molecule has 1 amide bonds. The van der Waals surface area contributed by atoms with Gasteiger partial charge in [0.15, 0.2) is 9.84 Å². The number of carbonyl (C=O) groups is 1. The molecule has 1 saturated heterocycles. The molecule has 2 aromatic rings. The van der Waals surface area contributed by atoms with E-state index in [0.29, 0.717) is 17.2 Å². The second kappa shape index (κ2) is 9.16. The molecular weight excluding hydrogens is 390 g/mol. The van der Waals surface area contributed by atoms with Crippen LogP contribution in [0, 0.1) is 0 Å². The first-order valence-electron chi connectivity index (χ1n) is 8.36. The molecule has 9 heteroatoms. The van der Waals surface area contributed by atoms with Crippen LogP contribution in [0.2, 0.25) is 0 Å². The summed E-state index contributed by atoms with van der Waals surface area (Å²) in [7, 11) is -3.32. The fourth-order valence-electron chi connectivity index (χ4n) is 2.74. The molecule has 1 aliphatic heterocycles. The van der Waals surface area contributed by atoms with Gasteiger partial charge in [0.25, 0.3) is 0 Å². The minimum Gasteiger partial charge on any atom is -0.439 e. The van der Waals surface area contributed by atoms with Crippen LogP contribution in [0.5, 0.6) is 11.6 Å². The van der Waals surface area contributed by atoms with E-state index < -0.39 is 9.84 Å². The average Bonchev–Trinajstić information content (AvgIpc) is 3.15. The molecule has 0 saturated carbocycles. The molecule has 0 radical (unpaired) electrons. The van der Waals surface area contributed by atoms with Gasteiger partial charge < -0.3 is 15.4 Å². The Labute approximate surface area is 164 Å². The van der Waals surface area contributed by atoms with Crippen LogP contribution in [-0.4, -0.2) is 38.2 Å². The summed E-state index contributed by atoms with van der Waals surface area (Å²) in [5.41, 5.74) is 0.712. The number of nitrogens with zero attached hydrogens (tertiary/aromatic N) is 1. The van der Waals surface area contributed by atoms with Gasteiger partial charge in [0.1, 0.15) is 5.75 Å². The number of halogens is 1.